The van der Waals surface area contributed by atoms with Crippen LogP contribution in [0.25, 0.3) is 0 Å². The summed E-state index contributed by atoms with van der Waals surface area (Å²) in [7, 11) is 0. The number of aromatic nitrogens is 2. The molecule has 6 nitrogen and oxygen atoms in total. The van der Waals surface area contributed by atoms with Crippen molar-refractivity contribution in [2.75, 3.05) is 26.4 Å². The second-order valence-electron chi connectivity index (χ2n) is 3.02. The SMILES string of the molecule is NCCc1noc(C2COCCO2)n1. The Balaban J connectivity index is 2.00. The van der Waals surface area contributed by atoms with Gasteiger partial charge in [0.05, 0.1) is 19.8 Å². The van der Waals surface area contributed by atoms with Gasteiger partial charge >= 0.3 is 0 Å². The number of hydrogen-bond acceptors (Lipinski definition) is 6. The molecular formula is C8H13N3O3. The van der Waals surface area contributed by atoms with Gasteiger partial charge in [-0.05, 0) is 6.54 Å². The summed E-state index contributed by atoms with van der Waals surface area (Å²) in [5.74, 6) is 1.10. The molecule has 0 saturated carbocycles. The fourth-order valence-electron chi connectivity index (χ4n) is 1.26. The maximum atomic E-state index is 5.40. The Morgan fingerprint density at radius 1 is 1.43 bits per heavy atom. The lowest BCUT2D eigenvalue weighted by Crippen LogP contribution is -2.22. The molecule has 2 heterocycles. The van der Waals surface area contributed by atoms with E-state index in [1.165, 1.54) is 0 Å². The summed E-state index contributed by atoms with van der Waals surface area (Å²) < 4.78 is 15.7. The first-order valence-electron chi connectivity index (χ1n) is 4.62. The Hall–Kier alpha value is -0.980. The largest absolute Gasteiger partial charge is 0.376 e. The van der Waals surface area contributed by atoms with Crippen LogP contribution in [0.15, 0.2) is 4.52 Å². The van der Waals surface area contributed by atoms with Gasteiger partial charge in [-0.1, -0.05) is 5.16 Å². The zero-order valence-electron chi connectivity index (χ0n) is 7.81. The van der Waals surface area contributed by atoms with Crippen molar-refractivity contribution in [3.63, 3.8) is 0 Å². The van der Waals surface area contributed by atoms with E-state index in [0.717, 1.165) is 0 Å². The topological polar surface area (TPSA) is 83.4 Å². The molecule has 0 bridgehead atoms. The van der Waals surface area contributed by atoms with Gasteiger partial charge in [-0.15, -0.1) is 0 Å². The van der Waals surface area contributed by atoms with Crippen molar-refractivity contribution < 1.29 is 14.0 Å². The molecule has 2 N–H and O–H groups in total. The molecule has 1 unspecified atom stereocenters. The standard InChI is InChI=1S/C8H13N3O3/c9-2-1-7-10-8(14-11-7)6-5-12-3-4-13-6/h6H,1-5,9H2. The van der Waals surface area contributed by atoms with Crippen molar-refractivity contribution in [2.45, 2.75) is 12.5 Å². The first-order chi connectivity index (χ1) is 6.90. The van der Waals surface area contributed by atoms with Crippen LogP contribution in [-0.4, -0.2) is 36.5 Å². The van der Waals surface area contributed by atoms with Gasteiger partial charge in [-0.25, -0.2) is 0 Å². The van der Waals surface area contributed by atoms with Crippen molar-refractivity contribution in [2.24, 2.45) is 5.73 Å². The van der Waals surface area contributed by atoms with Crippen molar-refractivity contribution in [3.05, 3.63) is 11.7 Å². The molecule has 1 aliphatic heterocycles. The van der Waals surface area contributed by atoms with Gasteiger partial charge in [0.15, 0.2) is 11.9 Å². The first-order valence-corrected chi connectivity index (χ1v) is 4.62. The molecule has 1 aliphatic rings. The lowest BCUT2D eigenvalue weighted by molar-refractivity contribution is -0.101. The van der Waals surface area contributed by atoms with Crippen LogP contribution in [0.3, 0.4) is 0 Å². The minimum absolute atomic E-state index is 0.220. The normalized spacial score (nSPS) is 22.5. The lowest BCUT2D eigenvalue weighted by atomic mass is 10.3. The molecule has 1 saturated heterocycles. The van der Waals surface area contributed by atoms with E-state index in [0.29, 0.717) is 44.5 Å². The predicted molar refractivity (Wildman–Crippen MR) is 46.6 cm³/mol. The Bertz CT molecular complexity index is 283. The molecule has 1 aromatic heterocycles. The zero-order valence-corrected chi connectivity index (χ0v) is 7.81. The van der Waals surface area contributed by atoms with Crippen LogP contribution in [0.5, 0.6) is 0 Å². The number of hydrogen-bond donors (Lipinski definition) is 1. The molecule has 1 fully saturated rings. The van der Waals surface area contributed by atoms with Gasteiger partial charge in [-0.2, -0.15) is 4.98 Å². The van der Waals surface area contributed by atoms with Crippen LogP contribution in [0.1, 0.15) is 17.8 Å². The summed E-state index contributed by atoms with van der Waals surface area (Å²) in [6.45, 7) is 2.19. The van der Waals surface area contributed by atoms with Gasteiger partial charge in [0.25, 0.3) is 5.89 Å². The molecule has 2 rings (SSSR count). The molecule has 78 valence electrons. The third-order valence-corrected chi connectivity index (χ3v) is 1.94. The van der Waals surface area contributed by atoms with E-state index in [1.54, 1.807) is 0 Å². The third kappa shape index (κ3) is 2.09. The molecule has 0 aromatic carbocycles. The summed E-state index contributed by atoms with van der Waals surface area (Å²) in [6.07, 6.45) is 0.402. The molecule has 1 aromatic rings. The Labute approximate surface area is 81.4 Å². The third-order valence-electron chi connectivity index (χ3n) is 1.94. The van der Waals surface area contributed by atoms with E-state index in [-0.39, 0.29) is 6.10 Å². The molecule has 0 spiro atoms. The fraction of sp³-hybridized carbons (Fsp3) is 0.750. The van der Waals surface area contributed by atoms with Crippen LogP contribution in [0.4, 0.5) is 0 Å². The number of nitrogens with zero attached hydrogens (tertiary/aromatic N) is 2. The summed E-state index contributed by atoms with van der Waals surface area (Å²) in [5, 5.41) is 3.78. The summed E-state index contributed by atoms with van der Waals surface area (Å²) in [4.78, 5) is 4.16. The highest BCUT2D eigenvalue weighted by atomic mass is 16.6. The summed E-state index contributed by atoms with van der Waals surface area (Å²) >= 11 is 0. The zero-order chi connectivity index (χ0) is 9.80. The summed E-state index contributed by atoms with van der Waals surface area (Å²) in [5.41, 5.74) is 5.37. The van der Waals surface area contributed by atoms with Crippen molar-refractivity contribution in [3.8, 4) is 0 Å². The highest BCUT2D eigenvalue weighted by Gasteiger charge is 2.22. The van der Waals surface area contributed by atoms with E-state index in [4.69, 9.17) is 19.7 Å². The molecule has 1 atom stereocenters. The van der Waals surface area contributed by atoms with Gasteiger partial charge in [0.1, 0.15) is 0 Å². The molecular weight excluding hydrogens is 186 g/mol. The maximum Gasteiger partial charge on any atom is 0.258 e. The second kappa shape index (κ2) is 4.50. The first kappa shape index (κ1) is 9.57. The van der Waals surface area contributed by atoms with Crippen LogP contribution >= 0.6 is 0 Å². The summed E-state index contributed by atoms with van der Waals surface area (Å²) in [6, 6.07) is 0. The van der Waals surface area contributed by atoms with Crippen LogP contribution in [-0.2, 0) is 15.9 Å². The lowest BCUT2D eigenvalue weighted by Gasteiger charge is -2.19. The van der Waals surface area contributed by atoms with Crippen LogP contribution < -0.4 is 5.73 Å². The monoisotopic (exact) mass is 199 g/mol. The number of nitrogens with two attached hydrogens (primary N) is 1. The van der Waals surface area contributed by atoms with Crippen molar-refractivity contribution >= 4 is 0 Å². The quantitative estimate of drug-likeness (QED) is 0.717. The minimum Gasteiger partial charge on any atom is -0.376 e. The van der Waals surface area contributed by atoms with Gasteiger partial charge in [-0.3, -0.25) is 0 Å². The van der Waals surface area contributed by atoms with E-state index in [2.05, 4.69) is 10.1 Å². The smallest absolute Gasteiger partial charge is 0.258 e. The molecule has 6 heteroatoms. The van der Waals surface area contributed by atoms with Crippen molar-refractivity contribution in [1.82, 2.24) is 10.1 Å². The number of rotatable bonds is 3. The average Bonchev–Trinajstić information content (AvgIpc) is 2.68. The van der Waals surface area contributed by atoms with Gasteiger partial charge < -0.3 is 19.7 Å². The van der Waals surface area contributed by atoms with Crippen LogP contribution in [0, 0.1) is 0 Å². The van der Waals surface area contributed by atoms with E-state index in [9.17, 15) is 0 Å². The van der Waals surface area contributed by atoms with Crippen LogP contribution in [0.2, 0.25) is 0 Å². The minimum atomic E-state index is -0.220. The van der Waals surface area contributed by atoms with E-state index < -0.39 is 0 Å². The Morgan fingerprint density at radius 3 is 3.07 bits per heavy atom. The molecule has 0 amide bonds. The highest BCUT2D eigenvalue weighted by Crippen LogP contribution is 2.18. The van der Waals surface area contributed by atoms with E-state index in [1.807, 2.05) is 0 Å². The van der Waals surface area contributed by atoms with Gasteiger partial charge in [0, 0.05) is 6.42 Å². The highest BCUT2D eigenvalue weighted by molar-refractivity contribution is 4.91. The van der Waals surface area contributed by atoms with E-state index >= 15 is 0 Å². The Morgan fingerprint density at radius 2 is 2.36 bits per heavy atom. The predicted octanol–water partition coefficient (Wildman–Crippen LogP) is -0.341. The fourth-order valence-corrected chi connectivity index (χ4v) is 1.26. The number of ether oxygens (including phenoxy) is 2. The molecule has 14 heavy (non-hydrogen) atoms. The van der Waals surface area contributed by atoms with Crippen molar-refractivity contribution in [1.29, 1.82) is 0 Å². The maximum absolute atomic E-state index is 5.40. The molecule has 0 aliphatic carbocycles. The Kier molecular flexibility index (Phi) is 3.07. The van der Waals surface area contributed by atoms with Gasteiger partial charge in [0.2, 0.25) is 0 Å². The second-order valence-corrected chi connectivity index (χ2v) is 3.02. The molecule has 0 radical (unpaired) electrons. The average molecular weight is 199 g/mol.